The molecular formula is C13H10F3N9O. The molecule has 0 atom stereocenters. The van der Waals surface area contributed by atoms with Gasteiger partial charge < -0.3 is 10.1 Å². The fourth-order valence-electron chi connectivity index (χ4n) is 2.27. The highest BCUT2D eigenvalue weighted by molar-refractivity contribution is 5.44. The molecule has 0 bridgehead atoms. The Morgan fingerprint density at radius 3 is 2.46 bits per heavy atom. The molecule has 4 aromatic rings. The molecule has 4 aromatic heterocycles. The first-order valence-electron chi connectivity index (χ1n) is 7.24. The molecule has 0 aliphatic carbocycles. The van der Waals surface area contributed by atoms with E-state index >= 15 is 0 Å². The Morgan fingerprint density at radius 1 is 0.962 bits per heavy atom. The van der Waals surface area contributed by atoms with E-state index in [1.165, 1.54) is 23.8 Å². The minimum absolute atomic E-state index is 0.0118. The summed E-state index contributed by atoms with van der Waals surface area (Å²) in [7, 11) is 1.48. The van der Waals surface area contributed by atoms with Gasteiger partial charge in [0.05, 0.1) is 13.7 Å². The number of hydrogen-bond acceptors (Lipinski definition) is 8. The maximum absolute atomic E-state index is 12.9. The number of ether oxygens (including phenoxy) is 1. The lowest BCUT2D eigenvalue weighted by Crippen LogP contribution is -2.14. The van der Waals surface area contributed by atoms with Crippen molar-refractivity contribution in [2.45, 2.75) is 12.7 Å². The molecule has 0 saturated heterocycles. The van der Waals surface area contributed by atoms with Crippen LogP contribution >= 0.6 is 0 Å². The third-order valence-electron chi connectivity index (χ3n) is 3.46. The number of hydrogen-bond donors (Lipinski definition) is 1. The van der Waals surface area contributed by atoms with E-state index in [4.69, 9.17) is 4.74 Å². The van der Waals surface area contributed by atoms with Crippen LogP contribution in [0.25, 0.3) is 11.3 Å². The second-order valence-electron chi connectivity index (χ2n) is 5.13. The van der Waals surface area contributed by atoms with Crippen molar-refractivity contribution in [3.63, 3.8) is 0 Å². The lowest BCUT2D eigenvalue weighted by molar-refractivity contribution is -0.146. The summed E-state index contributed by atoms with van der Waals surface area (Å²) in [6, 6.07) is 6.18. The van der Waals surface area contributed by atoms with Crippen LogP contribution in [0.2, 0.25) is 0 Å². The zero-order valence-electron chi connectivity index (χ0n) is 13.1. The highest BCUT2D eigenvalue weighted by Crippen LogP contribution is 2.27. The molecule has 10 nitrogen and oxygen atoms in total. The van der Waals surface area contributed by atoms with Crippen LogP contribution in [0.1, 0.15) is 11.6 Å². The summed E-state index contributed by atoms with van der Waals surface area (Å²) in [5, 5.41) is 25.5. The predicted molar refractivity (Wildman–Crippen MR) is 80.4 cm³/mol. The molecule has 0 aromatic carbocycles. The molecule has 0 amide bonds. The van der Waals surface area contributed by atoms with E-state index in [0.29, 0.717) is 21.9 Å². The third-order valence-corrected chi connectivity index (χ3v) is 3.46. The van der Waals surface area contributed by atoms with Crippen LogP contribution in [0.5, 0.6) is 5.88 Å². The number of rotatable bonds is 4. The second kappa shape index (κ2) is 5.79. The van der Waals surface area contributed by atoms with E-state index in [9.17, 15) is 13.2 Å². The molecule has 0 saturated carbocycles. The van der Waals surface area contributed by atoms with E-state index in [-0.39, 0.29) is 18.0 Å². The van der Waals surface area contributed by atoms with Crippen LogP contribution in [0, 0.1) is 0 Å². The number of anilines is 1. The standard InChI is InChI=1S/C13H10F3N9O/c1-26-11-5-4-8-18-20-10(24(8)23-11)6-17-7-2-3-9-19-21-12(13(14,15)16)25(9)22-7/h2-5H,6H2,1H3,(H,17,22). The highest BCUT2D eigenvalue weighted by atomic mass is 19.4. The number of nitrogens with zero attached hydrogens (tertiary/aromatic N) is 8. The van der Waals surface area contributed by atoms with Crippen molar-refractivity contribution in [2.24, 2.45) is 0 Å². The first kappa shape index (κ1) is 16.0. The largest absolute Gasteiger partial charge is 0.480 e. The van der Waals surface area contributed by atoms with Gasteiger partial charge in [0.2, 0.25) is 5.88 Å². The predicted octanol–water partition coefficient (Wildman–Crippen LogP) is 1.20. The molecule has 0 spiro atoms. The topological polar surface area (TPSA) is 107 Å². The van der Waals surface area contributed by atoms with Gasteiger partial charge in [-0.05, 0) is 18.2 Å². The third kappa shape index (κ3) is 2.72. The van der Waals surface area contributed by atoms with Crippen molar-refractivity contribution in [2.75, 3.05) is 12.4 Å². The highest BCUT2D eigenvalue weighted by Gasteiger charge is 2.37. The van der Waals surface area contributed by atoms with E-state index < -0.39 is 12.0 Å². The molecule has 0 fully saturated rings. The quantitative estimate of drug-likeness (QED) is 0.575. The summed E-state index contributed by atoms with van der Waals surface area (Å²) in [4.78, 5) is 0. The minimum Gasteiger partial charge on any atom is -0.480 e. The van der Waals surface area contributed by atoms with Crippen LogP contribution in [0.4, 0.5) is 19.0 Å². The molecule has 1 N–H and O–H groups in total. The van der Waals surface area contributed by atoms with Gasteiger partial charge in [0, 0.05) is 6.07 Å². The molecule has 0 unspecified atom stereocenters. The maximum atomic E-state index is 12.9. The first-order chi connectivity index (χ1) is 12.5. The summed E-state index contributed by atoms with van der Waals surface area (Å²) in [6.07, 6.45) is -4.66. The van der Waals surface area contributed by atoms with Crippen LogP contribution in [0.15, 0.2) is 24.3 Å². The molecule has 0 radical (unpaired) electrons. The van der Waals surface area contributed by atoms with E-state index in [2.05, 4.69) is 35.9 Å². The van der Waals surface area contributed by atoms with Crippen LogP contribution in [-0.2, 0) is 12.7 Å². The molecule has 4 heterocycles. The zero-order chi connectivity index (χ0) is 18.3. The number of methoxy groups -OCH3 is 1. The SMILES string of the molecule is COc1ccc2nnc(CNc3ccc4nnc(C(F)(F)F)n4n3)n2n1. The monoisotopic (exact) mass is 365 g/mol. The number of nitrogens with one attached hydrogen (secondary N) is 1. The second-order valence-corrected chi connectivity index (χ2v) is 5.13. The van der Waals surface area contributed by atoms with Gasteiger partial charge in [0.1, 0.15) is 5.82 Å². The number of alkyl halides is 3. The summed E-state index contributed by atoms with van der Waals surface area (Å²) < 4.78 is 45.9. The Labute approximate surface area is 142 Å². The van der Waals surface area contributed by atoms with Gasteiger partial charge in [-0.1, -0.05) is 0 Å². The minimum atomic E-state index is -4.66. The van der Waals surface area contributed by atoms with Crippen molar-refractivity contribution in [3.05, 3.63) is 35.9 Å². The first-order valence-corrected chi connectivity index (χ1v) is 7.24. The van der Waals surface area contributed by atoms with Gasteiger partial charge in [-0.2, -0.15) is 22.2 Å². The normalized spacial score (nSPS) is 12.0. The van der Waals surface area contributed by atoms with Crippen molar-refractivity contribution < 1.29 is 17.9 Å². The summed E-state index contributed by atoms with van der Waals surface area (Å²) in [5.41, 5.74) is 0.492. The zero-order valence-corrected chi connectivity index (χ0v) is 13.1. The average Bonchev–Trinajstić information content (AvgIpc) is 3.22. The van der Waals surface area contributed by atoms with Crippen LogP contribution in [-0.4, -0.2) is 46.7 Å². The summed E-state index contributed by atoms with van der Waals surface area (Å²) in [6.45, 7) is 0.128. The van der Waals surface area contributed by atoms with Gasteiger partial charge in [0.25, 0.3) is 5.82 Å². The Balaban J connectivity index is 1.62. The van der Waals surface area contributed by atoms with Gasteiger partial charge >= 0.3 is 6.18 Å². The summed E-state index contributed by atoms with van der Waals surface area (Å²) in [5.74, 6) is -0.212. The van der Waals surface area contributed by atoms with Crippen molar-refractivity contribution >= 4 is 17.1 Å². The van der Waals surface area contributed by atoms with Crippen molar-refractivity contribution in [1.82, 2.24) is 39.6 Å². The fourth-order valence-corrected chi connectivity index (χ4v) is 2.27. The molecule has 4 rings (SSSR count). The number of aromatic nitrogens is 8. The molecule has 26 heavy (non-hydrogen) atoms. The van der Waals surface area contributed by atoms with Gasteiger partial charge in [-0.15, -0.1) is 30.6 Å². The van der Waals surface area contributed by atoms with Crippen LogP contribution in [0.3, 0.4) is 0 Å². The molecule has 0 aliphatic rings. The van der Waals surface area contributed by atoms with Crippen molar-refractivity contribution in [3.8, 4) is 5.88 Å². The molecule has 13 heteroatoms. The number of fused-ring (bicyclic) bond motifs is 2. The lowest BCUT2D eigenvalue weighted by atomic mass is 10.4. The lowest BCUT2D eigenvalue weighted by Gasteiger charge is -2.07. The van der Waals surface area contributed by atoms with E-state index in [1.54, 1.807) is 12.1 Å². The average molecular weight is 365 g/mol. The van der Waals surface area contributed by atoms with Crippen molar-refractivity contribution in [1.29, 1.82) is 0 Å². The molecule has 0 aliphatic heterocycles. The van der Waals surface area contributed by atoms with Crippen LogP contribution < -0.4 is 10.1 Å². The Morgan fingerprint density at radius 2 is 1.69 bits per heavy atom. The Kier molecular flexibility index (Phi) is 3.56. The van der Waals surface area contributed by atoms with Gasteiger partial charge in [-0.25, -0.2) is 0 Å². The summed E-state index contributed by atoms with van der Waals surface area (Å²) >= 11 is 0. The smallest absolute Gasteiger partial charge is 0.453 e. The van der Waals surface area contributed by atoms with Gasteiger partial charge in [0.15, 0.2) is 17.1 Å². The molecular weight excluding hydrogens is 355 g/mol. The maximum Gasteiger partial charge on any atom is 0.453 e. The Hall–Kier alpha value is -3.51. The van der Waals surface area contributed by atoms with Gasteiger partial charge in [-0.3, -0.25) is 0 Å². The molecule has 134 valence electrons. The Bertz CT molecular complexity index is 1090. The van der Waals surface area contributed by atoms with E-state index in [1.807, 2.05) is 0 Å². The fraction of sp³-hybridized carbons (Fsp3) is 0.231. The van der Waals surface area contributed by atoms with E-state index in [0.717, 1.165) is 0 Å². The number of halogens is 3.